The van der Waals surface area contributed by atoms with E-state index in [4.69, 9.17) is 16.7 Å². The topological polar surface area (TPSA) is 62.5 Å². The first-order chi connectivity index (χ1) is 12.2. The van der Waals surface area contributed by atoms with Gasteiger partial charge in [-0.25, -0.2) is 4.98 Å². The second-order valence-electron chi connectivity index (χ2n) is 6.36. The van der Waals surface area contributed by atoms with Crippen LogP contribution in [0.25, 0.3) is 16.9 Å². The molecular weight excluding hydrogens is 336 g/mol. The van der Waals surface area contributed by atoms with Gasteiger partial charge in [0.1, 0.15) is 11.0 Å². The van der Waals surface area contributed by atoms with Gasteiger partial charge in [0.2, 0.25) is 0 Å². The Balaban J connectivity index is 1.74. The van der Waals surface area contributed by atoms with E-state index in [9.17, 15) is 5.11 Å². The van der Waals surface area contributed by atoms with Gasteiger partial charge >= 0.3 is 0 Å². The zero-order valence-corrected chi connectivity index (χ0v) is 14.6. The molecule has 2 heterocycles. The van der Waals surface area contributed by atoms with E-state index in [0.717, 1.165) is 29.1 Å². The Morgan fingerprint density at radius 3 is 2.80 bits per heavy atom. The summed E-state index contributed by atoms with van der Waals surface area (Å²) in [5.74, 6) is 1.04. The lowest BCUT2D eigenvalue weighted by atomic mass is 10.1. The summed E-state index contributed by atoms with van der Waals surface area (Å²) in [5, 5.41) is 18.0. The minimum Gasteiger partial charge on any atom is -0.396 e. The van der Waals surface area contributed by atoms with Crippen molar-refractivity contribution in [1.29, 1.82) is 0 Å². The van der Waals surface area contributed by atoms with Crippen LogP contribution in [0.1, 0.15) is 12.0 Å². The summed E-state index contributed by atoms with van der Waals surface area (Å²) in [6.07, 6.45) is 4.98. The molecule has 0 saturated heterocycles. The summed E-state index contributed by atoms with van der Waals surface area (Å²) in [7, 11) is 0. The predicted molar refractivity (Wildman–Crippen MR) is 99.4 cm³/mol. The number of nitrogens with zero attached hydrogens (tertiary/aromatic N) is 3. The minimum atomic E-state index is 0.141. The van der Waals surface area contributed by atoms with Crippen LogP contribution in [0.5, 0.6) is 0 Å². The molecule has 2 aromatic heterocycles. The number of anilines is 1. The fourth-order valence-corrected chi connectivity index (χ4v) is 3.34. The molecule has 1 saturated carbocycles. The molecule has 0 aliphatic heterocycles. The Kier molecular flexibility index (Phi) is 4.36. The highest BCUT2D eigenvalue weighted by Crippen LogP contribution is 2.30. The highest BCUT2D eigenvalue weighted by molar-refractivity contribution is 6.30. The molecule has 2 radical (unpaired) electrons. The van der Waals surface area contributed by atoms with Crippen LogP contribution in [0.3, 0.4) is 0 Å². The molecule has 2 atom stereocenters. The third kappa shape index (κ3) is 3.10. The number of aromatic nitrogens is 3. The van der Waals surface area contributed by atoms with Crippen LogP contribution in [0.15, 0.2) is 36.4 Å². The van der Waals surface area contributed by atoms with Crippen molar-refractivity contribution in [2.75, 3.05) is 11.9 Å². The second-order valence-corrected chi connectivity index (χ2v) is 6.71. The highest BCUT2D eigenvalue weighted by atomic mass is 35.5. The standard InChI is InChI=1S/C19H19ClN4O/c1-12-18(20)22-17-10-16(14-5-3-2-4-6-14)23-24(17)19(12)21-15-8-7-13(9-15)11-25/h2-8,10,13,15,21,25H,9,11H2,1H3/t13-,15-/m1/s1. The van der Waals surface area contributed by atoms with Crippen molar-refractivity contribution in [3.8, 4) is 11.3 Å². The highest BCUT2D eigenvalue weighted by Gasteiger charge is 2.26. The lowest BCUT2D eigenvalue weighted by molar-refractivity contribution is 0.246. The van der Waals surface area contributed by atoms with Gasteiger partial charge in [-0.3, -0.25) is 0 Å². The Hall–Kier alpha value is -2.11. The number of nitrogens with one attached hydrogen (secondary N) is 1. The fourth-order valence-electron chi connectivity index (χ4n) is 3.17. The largest absolute Gasteiger partial charge is 0.396 e. The van der Waals surface area contributed by atoms with E-state index in [2.05, 4.69) is 16.7 Å². The lowest BCUT2D eigenvalue weighted by Gasteiger charge is -2.17. The van der Waals surface area contributed by atoms with Crippen LogP contribution >= 0.6 is 11.6 Å². The van der Waals surface area contributed by atoms with Gasteiger partial charge in [0.05, 0.1) is 5.69 Å². The predicted octanol–water partition coefficient (Wildman–Crippen LogP) is 3.56. The molecular formula is C19H19ClN4O. The van der Waals surface area contributed by atoms with Crippen molar-refractivity contribution >= 4 is 23.1 Å². The number of aliphatic hydroxyl groups excluding tert-OH is 1. The average Bonchev–Trinajstić information content (AvgIpc) is 3.26. The second kappa shape index (κ2) is 6.65. The molecule has 1 aromatic carbocycles. The van der Waals surface area contributed by atoms with Gasteiger partial charge in [-0.2, -0.15) is 9.61 Å². The van der Waals surface area contributed by atoms with Crippen LogP contribution < -0.4 is 5.32 Å². The van der Waals surface area contributed by atoms with Crippen molar-refractivity contribution < 1.29 is 5.11 Å². The van der Waals surface area contributed by atoms with E-state index in [1.165, 1.54) is 0 Å². The quantitative estimate of drug-likeness (QED) is 0.703. The van der Waals surface area contributed by atoms with E-state index >= 15 is 0 Å². The zero-order chi connectivity index (χ0) is 17.4. The van der Waals surface area contributed by atoms with Crippen LogP contribution in [-0.4, -0.2) is 32.4 Å². The monoisotopic (exact) mass is 354 g/mol. The lowest BCUT2D eigenvalue weighted by Crippen LogP contribution is -2.20. The number of aliphatic hydroxyl groups is 1. The van der Waals surface area contributed by atoms with Crippen LogP contribution in [0.2, 0.25) is 5.15 Å². The number of hydrogen-bond acceptors (Lipinski definition) is 4. The molecule has 4 rings (SSSR count). The molecule has 0 spiro atoms. The maximum absolute atomic E-state index is 9.32. The maximum Gasteiger partial charge on any atom is 0.159 e. The van der Waals surface area contributed by atoms with E-state index in [1.54, 1.807) is 0 Å². The van der Waals surface area contributed by atoms with Crippen LogP contribution in [0, 0.1) is 25.7 Å². The summed E-state index contributed by atoms with van der Waals surface area (Å²) < 4.78 is 1.81. The molecule has 0 bridgehead atoms. The first-order valence-electron chi connectivity index (χ1n) is 8.32. The molecule has 0 unspecified atom stereocenters. The molecule has 3 aromatic rings. The maximum atomic E-state index is 9.32. The minimum absolute atomic E-state index is 0.141. The Morgan fingerprint density at radius 1 is 1.28 bits per heavy atom. The SMILES string of the molecule is Cc1c(Cl)nc2cc(-c3ccccc3)nn2c1N[C@@H]1[CH][CH][C@@H](CO)C1. The number of rotatable bonds is 4. The van der Waals surface area contributed by atoms with Gasteiger partial charge in [0, 0.05) is 29.8 Å². The molecule has 1 fully saturated rings. The molecule has 5 nitrogen and oxygen atoms in total. The molecule has 6 heteroatoms. The Labute approximate surface area is 151 Å². The van der Waals surface area contributed by atoms with Gasteiger partial charge in [-0.15, -0.1) is 0 Å². The van der Waals surface area contributed by atoms with Gasteiger partial charge < -0.3 is 10.4 Å². The number of halogens is 1. The van der Waals surface area contributed by atoms with Gasteiger partial charge in [0.25, 0.3) is 0 Å². The molecule has 1 aliphatic rings. The summed E-state index contributed by atoms with van der Waals surface area (Å²) >= 11 is 6.34. The summed E-state index contributed by atoms with van der Waals surface area (Å²) in [4.78, 5) is 4.46. The third-order valence-electron chi connectivity index (χ3n) is 4.58. The first kappa shape index (κ1) is 16.4. The number of fused-ring (bicyclic) bond motifs is 1. The van der Waals surface area contributed by atoms with E-state index in [1.807, 2.05) is 54.3 Å². The molecule has 1 aliphatic carbocycles. The first-order valence-corrected chi connectivity index (χ1v) is 8.70. The van der Waals surface area contributed by atoms with E-state index in [-0.39, 0.29) is 18.6 Å². The van der Waals surface area contributed by atoms with Crippen molar-refractivity contribution in [2.45, 2.75) is 19.4 Å². The van der Waals surface area contributed by atoms with Crippen LogP contribution in [-0.2, 0) is 0 Å². The van der Waals surface area contributed by atoms with E-state index in [0.29, 0.717) is 10.8 Å². The van der Waals surface area contributed by atoms with E-state index < -0.39 is 0 Å². The smallest absolute Gasteiger partial charge is 0.159 e. The van der Waals surface area contributed by atoms with Crippen molar-refractivity contribution in [3.63, 3.8) is 0 Å². The van der Waals surface area contributed by atoms with Gasteiger partial charge in [-0.1, -0.05) is 41.9 Å². The van der Waals surface area contributed by atoms with Crippen LogP contribution in [0.4, 0.5) is 5.82 Å². The summed E-state index contributed by atoms with van der Waals surface area (Å²) in [6, 6.07) is 12.1. The summed E-state index contributed by atoms with van der Waals surface area (Å²) in [5.41, 5.74) is 3.46. The van der Waals surface area contributed by atoms with Crippen molar-refractivity contribution in [1.82, 2.24) is 14.6 Å². The average molecular weight is 355 g/mol. The van der Waals surface area contributed by atoms with Gasteiger partial charge in [0.15, 0.2) is 5.65 Å². The summed E-state index contributed by atoms with van der Waals surface area (Å²) in [6.45, 7) is 2.10. The molecule has 0 amide bonds. The number of hydrogen-bond donors (Lipinski definition) is 2. The normalized spacial score (nSPS) is 20.3. The third-order valence-corrected chi connectivity index (χ3v) is 4.95. The van der Waals surface area contributed by atoms with Gasteiger partial charge in [-0.05, 0) is 32.1 Å². The fraction of sp³-hybridized carbons (Fsp3) is 0.263. The molecule has 25 heavy (non-hydrogen) atoms. The Bertz CT molecular complexity index is 893. The molecule has 128 valence electrons. The van der Waals surface area contributed by atoms with Crippen molar-refractivity contribution in [3.05, 3.63) is 60.0 Å². The molecule has 2 N–H and O–H groups in total. The number of benzene rings is 1. The zero-order valence-electron chi connectivity index (χ0n) is 13.9. The Morgan fingerprint density at radius 2 is 2.08 bits per heavy atom. The van der Waals surface area contributed by atoms with Crippen molar-refractivity contribution in [2.24, 2.45) is 5.92 Å².